The first-order valence-corrected chi connectivity index (χ1v) is 5.91. The van der Waals surface area contributed by atoms with Crippen LogP contribution >= 0.6 is 0 Å². The Kier molecular flexibility index (Phi) is 3.52. The van der Waals surface area contributed by atoms with Crippen molar-refractivity contribution in [1.29, 1.82) is 0 Å². The zero-order valence-electron chi connectivity index (χ0n) is 10.2. The molecular formula is C13H17NO3. The van der Waals surface area contributed by atoms with Crippen LogP contribution in [0, 0.1) is 0 Å². The molecule has 4 heteroatoms. The molecule has 0 saturated heterocycles. The van der Waals surface area contributed by atoms with Crippen molar-refractivity contribution < 1.29 is 14.3 Å². The smallest absolute Gasteiger partial charge is 0.251 e. The van der Waals surface area contributed by atoms with Gasteiger partial charge in [-0.15, -0.1) is 0 Å². The van der Waals surface area contributed by atoms with Crippen LogP contribution in [0.15, 0.2) is 18.2 Å². The van der Waals surface area contributed by atoms with Gasteiger partial charge in [-0.05, 0) is 31.5 Å². The summed E-state index contributed by atoms with van der Waals surface area (Å²) in [5.74, 6) is 1.28. The molecule has 1 N–H and O–H groups in total. The minimum Gasteiger partial charge on any atom is -0.486 e. The van der Waals surface area contributed by atoms with E-state index in [1.807, 2.05) is 13.8 Å². The SMILES string of the molecule is CC[C@H](C)NC(=O)c1ccc2c(c1)OCCO2. The van der Waals surface area contributed by atoms with Crippen LogP contribution in [0.25, 0.3) is 0 Å². The van der Waals surface area contributed by atoms with Crippen LogP contribution in [0.4, 0.5) is 0 Å². The van der Waals surface area contributed by atoms with Crippen LogP contribution in [0.5, 0.6) is 11.5 Å². The Balaban J connectivity index is 2.13. The maximum atomic E-state index is 11.9. The maximum Gasteiger partial charge on any atom is 0.251 e. The van der Waals surface area contributed by atoms with Crippen LogP contribution in [0.1, 0.15) is 30.6 Å². The molecule has 1 aromatic rings. The Labute approximate surface area is 101 Å². The van der Waals surface area contributed by atoms with E-state index in [1.54, 1.807) is 18.2 Å². The third kappa shape index (κ3) is 2.70. The number of fused-ring (bicyclic) bond motifs is 1. The van der Waals surface area contributed by atoms with E-state index < -0.39 is 0 Å². The van der Waals surface area contributed by atoms with Gasteiger partial charge in [-0.1, -0.05) is 6.92 Å². The highest BCUT2D eigenvalue weighted by Crippen LogP contribution is 2.30. The predicted octanol–water partition coefficient (Wildman–Crippen LogP) is 1.99. The number of carbonyl (C=O) groups is 1. The zero-order valence-corrected chi connectivity index (χ0v) is 10.2. The van der Waals surface area contributed by atoms with Crippen molar-refractivity contribution in [3.05, 3.63) is 23.8 Å². The summed E-state index contributed by atoms with van der Waals surface area (Å²) in [4.78, 5) is 11.9. The van der Waals surface area contributed by atoms with E-state index in [0.29, 0.717) is 30.3 Å². The average molecular weight is 235 g/mol. The van der Waals surface area contributed by atoms with E-state index in [0.717, 1.165) is 6.42 Å². The van der Waals surface area contributed by atoms with Gasteiger partial charge in [0.15, 0.2) is 11.5 Å². The second-order valence-electron chi connectivity index (χ2n) is 4.14. The third-order valence-electron chi connectivity index (χ3n) is 2.79. The van der Waals surface area contributed by atoms with Crippen molar-refractivity contribution in [2.45, 2.75) is 26.3 Å². The van der Waals surface area contributed by atoms with Gasteiger partial charge in [0.05, 0.1) is 0 Å². The molecule has 1 amide bonds. The van der Waals surface area contributed by atoms with Crippen LogP contribution in [0.2, 0.25) is 0 Å². The first-order valence-electron chi connectivity index (χ1n) is 5.91. The highest BCUT2D eigenvalue weighted by molar-refractivity contribution is 5.95. The minimum atomic E-state index is -0.0728. The molecule has 1 aliphatic heterocycles. The highest BCUT2D eigenvalue weighted by Gasteiger charge is 2.15. The molecule has 2 rings (SSSR count). The number of ether oxygens (including phenoxy) is 2. The number of rotatable bonds is 3. The van der Waals surface area contributed by atoms with Gasteiger partial charge < -0.3 is 14.8 Å². The van der Waals surface area contributed by atoms with E-state index in [4.69, 9.17) is 9.47 Å². The van der Waals surface area contributed by atoms with Gasteiger partial charge in [-0.25, -0.2) is 0 Å². The molecular weight excluding hydrogens is 218 g/mol. The average Bonchev–Trinajstić information content (AvgIpc) is 2.38. The minimum absolute atomic E-state index is 0.0728. The second-order valence-corrected chi connectivity index (χ2v) is 4.14. The molecule has 1 aromatic carbocycles. The summed E-state index contributed by atoms with van der Waals surface area (Å²) in [6.07, 6.45) is 0.913. The molecule has 0 aliphatic carbocycles. The Bertz CT molecular complexity index is 417. The molecule has 4 nitrogen and oxygen atoms in total. The molecule has 1 aliphatic rings. The predicted molar refractivity (Wildman–Crippen MR) is 64.7 cm³/mol. The standard InChI is InChI=1S/C13H17NO3/c1-3-9(2)14-13(15)10-4-5-11-12(8-10)17-7-6-16-11/h4-5,8-9H,3,6-7H2,1-2H3,(H,14,15)/t9-/m0/s1. The first-order chi connectivity index (χ1) is 8.20. The molecule has 17 heavy (non-hydrogen) atoms. The quantitative estimate of drug-likeness (QED) is 0.871. The number of carbonyl (C=O) groups excluding carboxylic acids is 1. The van der Waals surface area contributed by atoms with Gasteiger partial charge in [0.2, 0.25) is 0 Å². The Morgan fingerprint density at radius 1 is 1.35 bits per heavy atom. The van der Waals surface area contributed by atoms with E-state index in [-0.39, 0.29) is 11.9 Å². The lowest BCUT2D eigenvalue weighted by Crippen LogP contribution is -2.32. The molecule has 0 aromatic heterocycles. The van der Waals surface area contributed by atoms with Gasteiger partial charge in [0, 0.05) is 11.6 Å². The van der Waals surface area contributed by atoms with Crippen molar-refractivity contribution in [2.24, 2.45) is 0 Å². The molecule has 0 unspecified atom stereocenters. The number of amides is 1. The van der Waals surface area contributed by atoms with Gasteiger partial charge in [0.1, 0.15) is 13.2 Å². The van der Waals surface area contributed by atoms with Crippen molar-refractivity contribution in [3.63, 3.8) is 0 Å². The summed E-state index contributed by atoms with van der Waals surface area (Å²) < 4.78 is 10.8. The van der Waals surface area contributed by atoms with E-state index in [2.05, 4.69) is 5.32 Å². The van der Waals surface area contributed by atoms with Crippen LogP contribution < -0.4 is 14.8 Å². The van der Waals surface area contributed by atoms with E-state index >= 15 is 0 Å². The summed E-state index contributed by atoms with van der Waals surface area (Å²) in [5.41, 5.74) is 0.606. The van der Waals surface area contributed by atoms with E-state index in [9.17, 15) is 4.79 Å². The van der Waals surface area contributed by atoms with Gasteiger partial charge in [0.25, 0.3) is 5.91 Å². The molecule has 0 saturated carbocycles. The van der Waals surface area contributed by atoms with Crippen LogP contribution in [-0.2, 0) is 0 Å². The molecule has 0 fully saturated rings. The first kappa shape index (κ1) is 11.8. The summed E-state index contributed by atoms with van der Waals surface area (Å²) in [6, 6.07) is 5.44. The lowest BCUT2D eigenvalue weighted by molar-refractivity contribution is 0.0938. The summed E-state index contributed by atoms with van der Waals surface area (Å²) in [6.45, 7) is 5.11. The van der Waals surface area contributed by atoms with Gasteiger partial charge in [-0.2, -0.15) is 0 Å². The molecule has 0 radical (unpaired) electrons. The fourth-order valence-corrected chi connectivity index (χ4v) is 1.59. The molecule has 92 valence electrons. The largest absolute Gasteiger partial charge is 0.486 e. The topological polar surface area (TPSA) is 47.6 Å². The number of hydrogen-bond donors (Lipinski definition) is 1. The van der Waals surface area contributed by atoms with Crippen molar-refractivity contribution >= 4 is 5.91 Å². The zero-order chi connectivity index (χ0) is 12.3. The molecule has 1 atom stereocenters. The molecule has 0 bridgehead atoms. The van der Waals surface area contributed by atoms with Crippen molar-refractivity contribution in [3.8, 4) is 11.5 Å². The Morgan fingerprint density at radius 3 is 2.76 bits per heavy atom. The van der Waals surface area contributed by atoms with Crippen LogP contribution in [0.3, 0.4) is 0 Å². The summed E-state index contributed by atoms with van der Waals surface area (Å²) in [5, 5.41) is 2.92. The summed E-state index contributed by atoms with van der Waals surface area (Å²) >= 11 is 0. The van der Waals surface area contributed by atoms with Gasteiger partial charge in [-0.3, -0.25) is 4.79 Å². The summed E-state index contributed by atoms with van der Waals surface area (Å²) in [7, 11) is 0. The molecule has 1 heterocycles. The second kappa shape index (κ2) is 5.08. The van der Waals surface area contributed by atoms with Crippen molar-refractivity contribution in [1.82, 2.24) is 5.32 Å². The van der Waals surface area contributed by atoms with Gasteiger partial charge >= 0.3 is 0 Å². The monoisotopic (exact) mass is 235 g/mol. The normalized spacial score (nSPS) is 15.2. The number of benzene rings is 1. The van der Waals surface area contributed by atoms with Crippen LogP contribution in [-0.4, -0.2) is 25.2 Å². The lowest BCUT2D eigenvalue weighted by Gasteiger charge is -2.19. The van der Waals surface area contributed by atoms with E-state index in [1.165, 1.54) is 0 Å². The Morgan fingerprint density at radius 2 is 2.06 bits per heavy atom. The van der Waals surface area contributed by atoms with Crippen molar-refractivity contribution in [2.75, 3.05) is 13.2 Å². The fraction of sp³-hybridized carbons (Fsp3) is 0.462. The maximum absolute atomic E-state index is 11.9. The highest BCUT2D eigenvalue weighted by atomic mass is 16.6. The number of nitrogens with one attached hydrogen (secondary N) is 1. The lowest BCUT2D eigenvalue weighted by atomic mass is 10.1. The Hall–Kier alpha value is -1.71. The molecule has 0 spiro atoms. The fourth-order valence-electron chi connectivity index (χ4n) is 1.59. The third-order valence-corrected chi connectivity index (χ3v) is 2.79. The number of hydrogen-bond acceptors (Lipinski definition) is 3.